The summed E-state index contributed by atoms with van der Waals surface area (Å²) in [6.45, 7) is 0. The van der Waals surface area contributed by atoms with Gasteiger partial charge in [0.1, 0.15) is 0 Å². The molecule has 1 fully saturated rings. The lowest BCUT2D eigenvalue weighted by Gasteiger charge is -2.10. The molecule has 0 aromatic heterocycles. The number of amides is 1. The Labute approximate surface area is 89.7 Å². The molecule has 0 bridgehead atoms. The number of carbonyl (C=O) groups is 1. The third kappa shape index (κ3) is 3.06. The molecule has 0 spiro atoms. The van der Waals surface area contributed by atoms with Crippen molar-refractivity contribution in [3.63, 3.8) is 0 Å². The maximum Gasteiger partial charge on any atom is 0.225 e. The molecule has 15 heavy (non-hydrogen) atoms. The molecule has 1 aromatic carbocycles. The monoisotopic (exact) mass is 204 g/mol. The molecule has 0 radical (unpaired) electrons. The van der Waals surface area contributed by atoms with Crippen molar-refractivity contribution in [2.24, 2.45) is 11.7 Å². The van der Waals surface area contributed by atoms with Gasteiger partial charge in [0.05, 0.1) is 0 Å². The van der Waals surface area contributed by atoms with Gasteiger partial charge in [0.15, 0.2) is 0 Å². The Morgan fingerprint density at radius 1 is 1.40 bits per heavy atom. The normalized spacial score (nSPS) is 17.1. The van der Waals surface area contributed by atoms with Crippen molar-refractivity contribution in [3.8, 4) is 0 Å². The lowest BCUT2D eigenvalue weighted by Crippen LogP contribution is -2.28. The molecular formula is C12H16N2O. The summed E-state index contributed by atoms with van der Waals surface area (Å²) in [6.07, 6.45) is 2.79. The Kier molecular flexibility index (Phi) is 3.02. The number of para-hydroxylation sites is 1. The lowest BCUT2D eigenvalue weighted by atomic mass is 10.1. The highest BCUT2D eigenvalue weighted by Crippen LogP contribution is 2.32. The van der Waals surface area contributed by atoms with E-state index in [1.54, 1.807) is 0 Å². The average Bonchev–Trinajstić information content (AvgIpc) is 3.01. The molecule has 1 atom stereocenters. The van der Waals surface area contributed by atoms with Gasteiger partial charge in [-0.15, -0.1) is 0 Å². The van der Waals surface area contributed by atoms with Crippen LogP contribution < -0.4 is 11.1 Å². The van der Waals surface area contributed by atoms with Gasteiger partial charge in [-0.25, -0.2) is 0 Å². The van der Waals surface area contributed by atoms with E-state index in [-0.39, 0.29) is 11.9 Å². The van der Waals surface area contributed by atoms with Gasteiger partial charge in [0, 0.05) is 18.2 Å². The second kappa shape index (κ2) is 4.45. The Morgan fingerprint density at radius 2 is 2.07 bits per heavy atom. The molecule has 1 saturated carbocycles. The van der Waals surface area contributed by atoms with Gasteiger partial charge in [-0.1, -0.05) is 18.2 Å². The van der Waals surface area contributed by atoms with Crippen LogP contribution in [0.5, 0.6) is 0 Å². The molecule has 2 rings (SSSR count). The molecular weight excluding hydrogens is 188 g/mol. The number of benzene rings is 1. The van der Waals surface area contributed by atoms with Gasteiger partial charge in [-0.2, -0.15) is 0 Å². The number of carbonyl (C=O) groups excluding carboxylic acids is 1. The average molecular weight is 204 g/mol. The van der Waals surface area contributed by atoms with Gasteiger partial charge in [0.25, 0.3) is 0 Å². The van der Waals surface area contributed by atoms with Crippen molar-refractivity contribution in [1.82, 2.24) is 0 Å². The number of rotatable bonds is 4. The minimum atomic E-state index is 0.0144. The van der Waals surface area contributed by atoms with E-state index in [0.717, 1.165) is 5.69 Å². The van der Waals surface area contributed by atoms with E-state index in [0.29, 0.717) is 12.3 Å². The predicted molar refractivity (Wildman–Crippen MR) is 60.4 cm³/mol. The summed E-state index contributed by atoms with van der Waals surface area (Å²) in [6, 6.07) is 9.51. The zero-order valence-electron chi connectivity index (χ0n) is 8.65. The van der Waals surface area contributed by atoms with Crippen LogP contribution in [0.1, 0.15) is 19.3 Å². The molecule has 0 aliphatic heterocycles. The smallest absolute Gasteiger partial charge is 0.225 e. The molecule has 1 unspecified atom stereocenters. The van der Waals surface area contributed by atoms with E-state index in [1.807, 2.05) is 30.3 Å². The topological polar surface area (TPSA) is 55.1 Å². The molecule has 3 N–H and O–H groups in total. The third-order valence-electron chi connectivity index (χ3n) is 2.71. The second-order valence-corrected chi connectivity index (χ2v) is 4.12. The van der Waals surface area contributed by atoms with Crippen LogP contribution in [0.25, 0.3) is 0 Å². The van der Waals surface area contributed by atoms with E-state index >= 15 is 0 Å². The van der Waals surface area contributed by atoms with Crippen LogP contribution in [0.2, 0.25) is 0 Å². The van der Waals surface area contributed by atoms with E-state index < -0.39 is 0 Å². The highest BCUT2D eigenvalue weighted by Gasteiger charge is 2.29. The fourth-order valence-electron chi connectivity index (χ4n) is 1.64. The first-order valence-corrected chi connectivity index (χ1v) is 5.36. The minimum absolute atomic E-state index is 0.0144. The largest absolute Gasteiger partial charge is 0.327 e. The molecule has 1 aliphatic rings. The molecule has 1 amide bonds. The summed E-state index contributed by atoms with van der Waals surface area (Å²) in [5.74, 6) is 0.590. The SMILES string of the molecule is NC(CC(=O)Nc1ccccc1)C1CC1. The standard InChI is InChI=1S/C12H16N2O/c13-11(9-6-7-9)8-12(15)14-10-4-2-1-3-5-10/h1-5,9,11H,6-8,13H2,(H,14,15). The van der Waals surface area contributed by atoms with E-state index in [4.69, 9.17) is 5.73 Å². The Morgan fingerprint density at radius 3 is 2.67 bits per heavy atom. The molecule has 3 nitrogen and oxygen atoms in total. The second-order valence-electron chi connectivity index (χ2n) is 4.12. The van der Waals surface area contributed by atoms with Crippen molar-refractivity contribution in [1.29, 1.82) is 0 Å². The summed E-state index contributed by atoms with van der Waals surface area (Å²) in [4.78, 5) is 11.6. The van der Waals surface area contributed by atoms with Gasteiger partial charge in [-0.3, -0.25) is 4.79 Å². The molecule has 0 heterocycles. The maximum atomic E-state index is 11.6. The van der Waals surface area contributed by atoms with Gasteiger partial charge < -0.3 is 11.1 Å². The summed E-state index contributed by atoms with van der Waals surface area (Å²) >= 11 is 0. The summed E-state index contributed by atoms with van der Waals surface area (Å²) in [5, 5.41) is 2.84. The first-order chi connectivity index (χ1) is 7.25. The first kappa shape index (κ1) is 10.2. The number of nitrogens with two attached hydrogens (primary N) is 1. The van der Waals surface area contributed by atoms with Crippen molar-refractivity contribution in [2.75, 3.05) is 5.32 Å². The summed E-state index contributed by atoms with van der Waals surface area (Å²) in [5.41, 5.74) is 6.71. The van der Waals surface area contributed by atoms with Crippen LogP contribution >= 0.6 is 0 Å². The maximum absolute atomic E-state index is 11.6. The van der Waals surface area contributed by atoms with E-state index in [9.17, 15) is 4.79 Å². The Hall–Kier alpha value is -1.35. The number of anilines is 1. The van der Waals surface area contributed by atoms with E-state index in [1.165, 1.54) is 12.8 Å². The van der Waals surface area contributed by atoms with Crippen LogP contribution in [0.15, 0.2) is 30.3 Å². The van der Waals surface area contributed by atoms with Crippen molar-refractivity contribution in [3.05, 3.63) is 30.3 Å². The van der Waals surface area contributed by atoms with Crippen molar-refractivity contribution < 1.29 is 4.79 Å². The third-order valence-corrected chi connectivity index (χ3v) is 2.71. The van der Waals surface area contributed by atoms with Gasteiger partial charge >= 0.3 is 0 Å². The minimum Gasteiger partial charge on any atom is -0.327 e. The first-order valence-electron chi connectivity index (χ1n) is 5.36. The van der Waals surface area contributed by atoms with Crippen molar-refractivity contribution in [2.45, 2.75) is 25.3 Å². The Balaban J connectivity index is 1.81. The molecule has 80 valence electrons. The lowest BCUT2D eigenvalue weighted by molar-refractivity contribution is -0.116. The van der Waals surface area contributed by atoms with E-state index in [2.05, 4.69) is 5.32 Å². The summed E-state index contributed by atoms with van der Waals surface area (Å²) in [7, 11) is 0. The zero-order valence-corrected chi connectivity index (χ0v) is 8.65. The molecule has 1 aromatic rings. The van der Waals surface area contributed by atoms with Gasteiger partial charge in [-0.05, 0) is 30.9 Å². The highest BCUT2D eigenvalue weighted by molar-refractivity contribution is 5.91. The highest BCUT2D eigenvalue weighted by atomic mass is 16.1. The van der Waals surface area contributed by atoms with Gasteiger partial charge in [0.2, 0.25) is 5.91 Å². The molecule has 1 aliphatic carbocycles. The zero-order chi connectivity index (χ0) is 10.7. The van der Waals surface area contributed by atoms with Crippen LogP contribution in [0.3, 0.4) is 0 Å². The number of hydrogen-bond donors (Lipinski definition) is 2. The predicted octanol–water partition coefficient (Wildman–Crippen LogP) is 1.75. The Bertz CT molecular complexity index is 333. The fraction of sp³-hybridized carbons (Fsp3) is 0.417. The molecule has 0 saturated heterocycles. The van der Waals surface area contributed by atoms with Crippen molar-refractivity contribution >= 4 is 11.6 Å². The fourth-order valence-corrected chi connectivity index (χ4v) is 1.64. The molecule has 3 heteroatoms. The number of nitrogens with one attached hydrogen (secondary N) is 1. The van der Waals surface area contributed by atoms with Crippen LogP contribution in [-0.4, -0.2) is 11.9 Å². The quantitative estimate of drug-likeness (QED) is 0.785. The van der Waals surface area contributed by atoms with Crippen LogP contribution in [-0.2, 0) is 4.79 Å². The van der Waals surface area contributed by atoms with Crippen LogP contribution in [0, 0.1) is 5.92 Å². The summed E-state index contributed by atoms with van der Waals surface area (Å²) < 4.78 is 0. The van der Waals surface area contributed by atoms with Crippen LogP contribution in [0.4, 0.5) is 5.69 Å². The number of hydrogen-bond acceptors (Lipinski definition) is 2.